The zero-order valence-electron chi connectivity index (χ0n) is 12.8. The molecule has 0 spiro atoms. The Morgan fingerprint density at radius 2 is 1.76 bits per heavy atom. The summed E-state index contributed by atoms with van der Waals surface area (Å²) in [6.45, 7) is 16.3. The first-order valence-electron chi connectivity index (χ1n) is 7.60. The molecule has 104 valence electrons. The zero-order chi connectivity index (χ0) is 13.1. The van der Waals surface area contributed by atoms with Crippen LogP contribution in [-0.2, 0) is 0 Å². The first-order valence-corrected chi connectivity index (χ1v) is 7.60. The van der Waals surface area contributed by atoms with Crippen molar-refractivity contribution in [2.24, 2.45) is 5.92 Å². The summed E-state index contributed by atoms with van der Waals surface area (Å²) in [6.07, 6.45) is 5.16. The van der Waals surface area contributed by atoms with E-state index < -0.39 is 0 Å². The van der Waals surface area contributed by atoms with Gasteiger partial charge in [0.2, 0.25) is 0 Å². The van der Waals surface area contributed by atoms with Crippen LogP contribution >= 0.6 is 0 Å². The fourth-order valence-corrected chi connectivity index (χ4v) is 2.16. The van der Waals surface area contributed by atoms with Crippen molar-refractivity contribution in [1.29, 1.82) is 0 Å². The van der Waals surface area contributed by atoms with Crippen LogP contribution in [0.3, 0.4) is 0 Å². The standard InChI is InChI=1S/C15H34N2/c1-6-11-16-12-9-10-15(5)17(8-3)13-14(4)7-2/h14-16H,6-13H2,1-5H3. The van der Waals surface area contributed by atoms with Crippen LogP contribution in [0, 0.1) is 5.92 Å². The monoisotopic (exact) mass is 242 g/mol. The number of hydrogen-bond donors (Lipinski definition) is 1. The van der Waals surface area contributed by atoms with Gasteiger partial charge in [-0.15, -0.1) is 0 Å². The van der Waals surface area contributed by atoms with Crippen molar-refractivity contribution in [2.45, 2.75) is 66.3 Å². The van der Waals surface area contributed by atoms with Gasteiger partial charge in [0.15, 0.2) is 0 Å². The predicted octanol–water partition coefficient (Wildman–Crippen LogP) is 3.52. The van der Waals surface area contributed by atoms with E-state index in [1.807, 2.05) is 0 Å². The highest BCUT2D eigenvalue weighted by molar-refractivity contribution is 4.69. The molecule has 0 aromatic heterocycles. The molecular formula is C15H34N2. The Hall–Kier alpha value is -0.0800. The second-order valence-electron chi connectivity index (χ2n) is 5.34. The molecule has 2 nitrogen and oxygen atoms in total. The van der Waals surface area contributed by atoms with Gasteiger partial charge in [-0.2, -0.15) is 0 Å². The minimum absolute atomic E-state index is 0.734. The molecule has 1 N–H and O–H groups in total. The fourth-order valence-electron chi connectivity index (χ4n) is 2.16. The Labute approximate surface area is 109 Å². The average molecular weight is 242 g/mol. The molecule has 0 radical (unpaired) electrons. The minimum atomic E-state index is 0.734. The maximum absolute atomic E-state index is 3.48. The van der Waals surface area contributed by atoms with Crippen molar-refractivity contribution in [2.75, 3.05) is 26.2 Å². The molecule has 2 atom stereocenters. The van der Waals surface area contributed by atoms with Gasteiger partial charge < -0.3 is 10.2 Å². The van der Waals surface area contributed by atoms with E-state index in [9.17, 15) is 0 Å². The van der Waals surface area contributed by atoms with Gasteiger partial charge in [0.05, 0.1) is 0 Å². The summed E-state index contributed by atoms with van der Waals surface area (Å²) in [4.78, 5) is 2.63. The summed E-state index contributed by atoms with van der Waals surface area (Å²) in [6, 6.07) is 0.734. The Balaban J connectivity index is 3.71. The molecule has 2 unspecified atom stereocenters. The van der Waals surface area contributed by atoms with Gasteiger partial charge in [-0.05, 0) is 51.7 Å². The van der Waals surface area contributed by atoms with Crippen LogP contribution in [0.1, 0.15) is 60.3 Å². The highest BCUT2D eigenvalue weighted by Gasteiger charge is 2.13. The maximum atomic E-state index is 3.48. The van der Waals surface area contributed by atoms with E-state index in [1.54, 1.807) is 0 Å². The van der Waals surface area contributed by atoms with Crippen molar-refractivity contribution < 1.29 is 0 Å². The van der Waals surface area contributed by atoms with E-state index in [0.29, 0.717) is 0 Å². The third kappa shape index (κ3) is 8.62. The van der Waals surface area contributed by atoms with Gasteiger partial charge in [0, 0.05) is 12.6 Å². The summed E-state index contributed by atoms with van der Waals surface area (Å²) in [5, 5.41) is 3.48. The van der Waals surface area contributed by atoms with Crippen molar-refractivity contribution in [3.63, 3.8) is 0 Å². The Morgan fingerprint density at radius 3 is 2.29 bits per heavy atom. The third-order valence-electron chi connectivity index (χ3n) is 3.67. The molecule has 0 aliphatic carbocycles. The topological polar surface area (TPSA) is 15.3 Å². The van der Waals surface area contributed by atoms with E-state index in [2.05, 4.69) is 44.8 Å². The van der Waals surface area contributed by atoms with Crippen molar-refractivity contribution >= 4 is 0 Å². The lowest BCUT2D eigenvalue weighted by Gasteiger charge is -2.30. The minimum Gasteiger partial charge on any atom is -0.317 e. The zero-order valence-corrected chi connectivity index (χ0v) is 12.8. The summed E-state index contributed by atoms with van der Waals surface area (Å²) in [5.74, 6) is 0.829. The second-order valence-corrected chi connectivity index (χ2v) is 5.34. The lowest BCUT2D eigenvalue weighted by molar-refractivity contribution is 0.179. The lowest BCUT2D eigenvalue weighted by Crippen LogP contribution is -2.36. The van der Waals surface area contributed by atoms with Crippen LogP contribution in [0.5, 0.6) is 0 Å². The molecule has 0 bridgehead atoms. The average Bonchev–Trinajstić information content (AvgIpc) is 2.34. The molecule has 0 aliphatic rings. The molecule has 0 heterocycles. The van der Waals surface area contributed by atoms with Gasteiger partial charge in [-0.3, -0.25) is 0 Å². The van der Waals surface area contributed by atoms with Gasteiger partial charge in [0.1, 0.15) is 0 Å². The van der Waals surface area contributed by atoms with E-state index >= 15 is 0 Å². The van der Waals surface area contributed by atoms with Gasteiger partial charge >= 0.3 is 0 Å². The first kappa shape index (κ1) is 16.9. The van der Waals surface area contributed by atoms with Crippen LogP contribution in [0.25, 0.3) is 0 Å². The number of rotatable bonds is 11. The largest absolute Gasteiger partial charge is 0.317 e. The lowest BCUT2D eigenvalue weighted by atomic mass is 10.1. The predicted molar refractivity (Wildman–Crippen MR) is 78.6 cm³/mol. The SMILES string of the molecule is CCCNCCCC(C)N(CC)CC(C)CC. The van der Waals surface area contributed by atoms with Crippen LogP contribution in [0.15, 0.2) is 0 Å². The Bertz CT molecular complexity index is 159. The molecule has 0 fully saturated rings. The molecule has 0 aliphatic heterocycles. The van der Waals surface area contributed by atoms with Gasteiger partial charge in [-0.1, -0.05) is 34.1 Å². The van der Waals surface area contributed by atoms with Crippen molar-refractivity contribution in [1.82, 2.24) is 10.2 Å². The molecule has 0 saturated carbocycles. The van der Waals surface area contributed by atoms with E-state index in [1.165, 1.54) is 51.9 Å². The van der Waals surface area contributed by atoms with Crippen LogP contribution in [0.4, 0.5) is 0 Å². The molecule has 0 rings (SSSR count). The Kier molecular flexibility index (Phi) is 11.0. The normalized spacial score (nSPS) is 15.2. The highest BCUT2D eigenvalue weighted by Crippen LogP contribution is 2.11. The quantitative estimate of drug-likeness (QED) is 0.558. The van der Waals surface area contributed by atoms with E-state index in [-0.39, 0.29) is 0 Å². The maximum Gasteiger partial charge on any atom is 0.00673 e. The number of nitrogens with zero attached hydrogens (tertiary/aromatic N) is 1. The van der Waals surface area contributed by atoms with Crippen LogP contribution in [0.2, 0.25) is 0 Å². The van der Waals surface area contributed by atoms with Gasteiger partial charge in [-0.25, -0.2) is 0 Å². The molecule has 0 aromatic rings. The highest BCUT2D eigenvalue weighted by atomic mass is 15.1. The smallest absolute Gasteiger partial charge is 0.00673 e. The van der Waals surface area contributed by atoms with Crippen LogP contribution < -0.4 is 5.32 Å². The molecule has 0 amide bonds. The Morgan fingerprint density at radius 1 is 1.06 bits per heavy atom. The van der Waals surface area contributed by atoms with Crippen LogP contribution in [-0.4, -0.2) is 37.1 Å². The fraction of sp³-hybridized carbons (Fsp3) is 1.00. The number of nitrogens with one attached hydrogen (secondary N) is 1. The summed E-state index contributed by atoms with van der Waals surface area (Å²) in [5.41, 5.74) is 0. The van der Waals surface area contributed by atoms with E-state index in [4.69, 9.17) is 0 Å². The first-order chi connectivity index (χ1) is 8.15. The molecule has 0 saturated heterocycles. The molecule has 2 heteroatoms. The molecule has 17 heavy (non-hydrogen) atoms. The summed E-state index contributed by atoms with van der Waals surface area (Å²) >= 11 is 0. The molecule has 0 aromatic carbocycles. The summed E-state index contributed by atoms with van der Waals surface area (Å²) < 4.78 is 0. The second kappa shape index (κ2) is 11.0. The molecular weight excluding hydrogens is 208 g/mol. The number of hydrogen-bond acceptors (Lipinski definition) is 2. The van der Waals surface area contributed by atoms with Crippen molar-refractivity contribution in [3.05, 3.63) is 0 Å². The summed E-state index contributed by atoms with van der Waals surface area (Å²) in [7, 11) is 0. The van der Waals surface area contributed by atoms with E-state index in [0.717, 1.165) is 12.0 Å². The van der Waals surface area contributed by atoms with Gasteiger partial charge in [0.25, 0.3) is 0 Å². The third-order valence-corrected chi connectivity index (χ3v) is 3.67. The van der Waals surface area contributed by atoms with Crippen molar-refractivity contribution in [3.8, 4) is 0 Å².